The summed E-state index contributed by atoms with van der Waals surface area (Å²) < 4.78 is 13.1. The molecule has 1 N–H and O–H groups in total. The van der Waals surface area contributed by atoms with Crippen molar-refractivity contribution in [1.82, 2.24) is 9.80 Å². The molecule has 0 radical (unpaired) electrons. The summed E-state index contributed by atoms with van der Waals surface area (Å²) in [6, 6.07) is 5.79. The Kier molecular flexibility index (Phi) is 4.99. The fraction of sp³-hybridized carbons (Fsp3) is 0.500. The number of benzene rings is 1. The minimum atomic E-state index is -0.493. The van der Waals surface area contributed by atoms with Crippen LogP contribution in [-0.2, 0) is 0 Å². The lowest BCUT2D eigenvalue weighted by molar-refractivity contribution is 0.0720. The highest BCUT2D eigenvalue weighted by Crippen LogP contribution is 2.19. The SMILES string of the molecule is CCN1C[C@@H](C)N(C(=O)Nc2ccc(F)cc2C#N)C[C@@H]1C. The molecule has 1 heterocycles. The number of piperazine rings is 1. The van der Waals surface area contributed by atoms with Crippen LogP contribution in [0, 0.1) is 17.1 Å². The van der Waals surface area contributed by atoms with Crippen LogP contribution < -0.4 is 5.32 Å². The second-order valence-electron chi connectivity index (χ2n) is 5.67. The van der Waals surface area contributed by atoms with E-state index < -0.39 is 5.82 Å². The van der Waals surface area contributed by atoms with Crippen molar-refractivity contribution in [3.8, 4) is 6.07 Å². The molecule has 22 heavy (non-hydrogen) atoms. The normalized spacial score (nSPS) is 22.2. The molecule has 0 saturated carbocycles. The number of hydrogen-bond donors (Lipinski definition) is 1. The van der Waals surface area contributed by atoms with Gasteiger partial charge in [-0.2, -0.15) is 5.26 Å². The quantitative estimate of drug-likeness (QED) is 0.913. The molecule has 0 aromatic heterocycles. The van der Waals surface area contributed by atoms with Gasteiger partial charge < -0.3 is 10.2 Å². The van der Waals surface area contributed by atoms with Gasteiger partial charge in [0.2, 0.25) is 0 Å². The first kappa shape index (κ1) is 16.2. The molecule has 0 unspecified atom stereocenters. The van der Waals surface area contributed by atoms with Gasteiger partial charge in [0, 0.05) is 25.2 Å². The van der Waals surface area contributed by atoms with Crippen molar-refractivity contribution in [1.29, 1.82) is 5.26 Å². The van der Waals surface area contributed by atoms with Crippen LogP contribution in [0.2, 0.25) is 0 Å². The number of anilines is 1. The Bertz CT molecular complexity index is 598. The summed E-state index contributed by atoms with van der Waals surface area (Å²) in [4.78, 5) is 16.6. The van der Waals surface area contributed by atoms with Gasteiger partial charge in [-0.1, -0.05) is 6.92 Å². The number of rotatable bonds is 2. The number of hydrogen-bond acceptors (Lipinski definition) is 3. The molecule has 2 rings (SSSR count). The summed E-state index contributed by atoms with van der Waals surface area (Å²) in [5, 5.41) is 11.8. The molecule has 118 valence electrons. The Morgan fingerprint density at radius 3 is 2.77 bits per heavy atom. The van der Waals surface area contributed by atoms with E-state index in [0.29, 0.717) is 12.2 Å². The van der Waals surface area contributed by atoms with Gasteiger partial charge in [0.25, 0.3) is 0 Å². The van der Waals surface area contributed by atoms with E-state index in [9.17, 15) is 9.18 Å². The van der Waals surface area contributed by atoms with Gasteiger partial charge in [-0.05, 0) is 38.6 Å². The first-order valence-electron chi connectivity index (χ1n) is 7.47. The van der Waals surface area contributed by atoms with Crippen LogP contribution in [0.25, 0.3) is 0 Å². The molecule has 0 spiro atoms. The van der Waals surface area contributed by atoms with E-state index >= 15 is 0 Å². The predicted octanol–water partition coefficient (Wildman–Crippen LogP) is 2.64. The summed E-state index contributed by atoms with van der Waals surface area (Å²) in [6.07, 6.45) is 0. The monoisotopic (exact) mass is 304 g/mol. The summed E-state index contributed by atoms with van der Waals surface area (Å²) in [5.74, 6) is -0.493. The Morgan fingerprint density at radius 1 is 1.41 bits per heavy atom. The molecule has 1 saturated heterocycles. The van der Waals surface area contributed by atoms with Crippen LogP contribution in [0.3, 0.4) is 0 Å². The number of likely N-dealkylation sites (N-methyl/N-ethyl adjacent to an activating group) is 1. The Labute approximate surface area is 130 Å². The molecule has 1 aliphatic rings. The molecule has 2 amide bonds. The highest BCUT2D eigenvalue weighted by atomic mass is 19.1. The van der Waals surface area contributed by atoms with Crippen LogP contribution >= 0.6 is 0 Å². The van der Waals surface area contributed by atoms with Gasteiger partial charge in [0.05, 0.1) is 11.3 Å². The van der Waals surface area contributed by atoms with E-state index in [1.807, 2.05) is 13.0 Å². The maximum atomic E-state index is 13.1. The van der Waals surface area contributed by atoms with Gasteiger partial charge in [0.1, 0.15) is 11.9 Å². The zero-order valence-corrected chi connectivity index (χ0v) is 13.1. The van der Waals surface area contributed by atoms with E-state index in [2.05, 4.69) is 24.1 Å². The van der Waals surface area contributed by atoms with Crippen molar-refractivity contribution in [3.05, 3.63) is 29.6 Å². The van der Waals surface area contributed by atoms with Crippen LogP contribution in [0.15, 0.2) is 18.2 Å². The van der Waals surface area contributed by atoms with Crippen LogP contribution in [0.1, 0.15) is 26.3 Å². The van der Waals surface area contributed by atoms with Gasteiger partial charge in [-0.25, -0.2) is 9.18 Å². The first-order chi connectivity index (χ1) is 10.5. The maximum absolute atomic E-state index is 13.1. The third kappa shape index (κ3) is 3.37. The lowest BCUT2D eigenvalue weighted by atomic mass is 10.1. The second kappa shape index (κ2) is 6.75. The minimum absolute atomic E-state index is 0.0853. The molecule has 6 heteroatoms. The third-order valence-corrected chi connectivity index (χ3v) is 4.13. The number of nitrogens with zero attached hydrogens (tertiary/aromatic N) is 3. The average molecular weight is 304 g/mol. The summed E-state index contributed by atoms with van der Waals surface area (Å²) >= 11 is 0. The molecule has 1 aromatic carbocycles. The number of carbonyl (C=O) groups excluding carboxylic acids is 1. The first-order valence-corrected chi connectivity index (χ1v) is 7.47. The van der Waals surface area contributed by atoms with Crippen LogP contribution in [0.5, 0.6) is 0 Å². The molecular formula is C16H21FN4O. The molecule has 1 aliphatic heterocycles. The number of urea groups is 1. The molecule has 2 atom stereocenters. The Hall–Kier alpha value is -2.13. The van der Waals surface area contributed by atoms with E-state index in [4.69, 9.17) is 5.26 Å². The second-order valence-corrected chi connectivity index (χ2v) is 5.67. The standard InChI is InChI=1S/C16H21FN4O/c1-4-20-9-12(3)21(10-11(20)2)16(22)19-15-6-5-14(17)7-13(15)8-18/h5-7,11-12H,4,9-10H2,1-3H3,(H,19,22)/t11-,12+/m0/s1. The topological polar surface area (TPSA) is 59.4 Å². The molecule has 1 aromatic rings. The van der Waals surface area contributed by atoms with Gasteiger partial charge in [-0.3, -0.25) is 4.90 Å². The van der Waals surface area contributed by atoms with E-state index in [0.717, 1.165) is 19.2 Å². The largest absolute Gasteiger partial charge is 0.322 e. The molecular weight excluding hydrogens is 283 g/mol. The van der Waals surface area contributed by atoms with Crippen molar-refractivity contribution in [2.24, 2.45) is 0 Å². The van der Waals surface area contributed by atoms with Gasteiger partial charge >= 0.3 is 6.03 Å². The zero-order valence-electron chi connectivity index (χ0n) is 13.1. The lowest BCUT2D eigenvalue weighted by Crippen LogP contribution is -2.58. The number of nitrogens with one attached hydrogen (secondary N) is 1. The van der Waals surface area contributed by atoms with Crippen molar-refractivity contribution in [3.63, 3.8) is 0 Å². The summed E-state index contributed by atoms with van der Waals surface area (Å²) in [6.45, 7) is 8.61. The predicted molar refractivity (Wildman–Crippen MR) is 83.0 cm³/mol. The minimum Gasteiger partial charge on any atom is -0.319 e. The molecule has 0 bridgehead atoms. The van der Waals surface area contributed by atoms with Gasteiger partial charge in [-0.15, -0.1) is 0 Å². The maximum Gasteiger partial charge on any atom is 0.322 e. The van der Waals surface area contributed by atoms with Crippen molar-refractivity contribution in [2.45, 2.75) is 32.9 Å². The van der Waals surface area contributed by atoms with Crippen LogP contribution in [0.4, 0.5) is 14.9 Å². The van der Waals surface area contributed by atoms with E-state index in [-0.39, 0.29) is 23.7 Å². The number of amides is 2. The van der Waals surface area contributed by atoms with Crippen molar-refractivity contribution < 1.29 is 9.18 Å². The average Bonchev–Trinajstić information content (AvgIpc) is 2.50. The highest BCUT2D eigenvalue weighted by Gasteiger charge is 2.31. The molecule has 5 nitrogen and oxygen atoms in total. The van der Waals surface area contributed by atoms with E-state index in [1.165, 1.54) is 12.1 Å². The van der Waals surface area contributed by atoms with Crippen molar-refractivity contribution in [2.75, 3.05) is 25.0 Å². The Morgan fingerprint density at radius 2 is 2.14 bits per heavy atom. The summed E-state index contributed by atoms with van der Waals surface area (Å²) in [5.41, 5.74) is 0.466. The highest BCUT2D eigenvalue weighted by molar-refractivity contribution is 5.91. The van der Waals surface area contributed by atoms with Gasteiger partial charge in [0.15, 0.2) is 0 Å². The van der Waals surface area contributed by atoms with E-state index in [1.54, 1.807) is 4.90 Å². The Balaban J connectivity index is 2.11. The smallest absolute Gasteiger partial charge is 0.319 e. The fourth-order valence-electron chi connectivity index (χ4n) is 2.83. The molecule has 0 aliphatic carbocycles. The van der Waals surface area contributed by atoms with Crippen molar-refractivity contribution >= 4 is 11.7 Å². The number of halogens is 1. The third-order valence-electron chi connectivity index (χ3n) is 4.13. The number of carbonyl (C=O) groups is 1. The zero-order chi connectivity index (χ0) is 16.3. The number of nitriles is 1. The fourth-order valence-corrected chi connectivity index (χ4v) is 2.83. The molecule has 1 fully saturated rings. The summed E-state index contributed by atoms with van der Waals surface area (Å²) in [7, 11) is 0. The lowest BCUT2D eigenvalue weighted by Gasteiger charge is -2.43. The van der Waals surface area contributed by atoms with Crippen LogP contribution in [-0.4, -0.2) is 47.5 Å².